The maximum Gasteiger partial charge on any atom is 0.0310 e. The van der Waals surface area contributed by atoms with Gasteiger partial charge in [0.2, 0.25) is 0 Å². The van der Waals surface area contributed by atoms with Gasteiger partial charge in [0, 0.05) is 17.6 Å². The summed E-state index contributed by atoms with van der Waals surface area (Å²) in [6, 6.07) is 0.593. The molecule has 1 rings (SSSR count). The average Bonchev–Trinajstić information content (AvgIpc) is 2.34. The zero-order valence-electron chi connectivity index (χ0n) is 5.94. The molecule has 0 spiro atoms. The third kappa shape index (κ3) is 2.54. The van der Waals surface area contributed by atoms with E-state index < -0.39 is 0 Å². The second-order valence-corrected chi connectivity index (χ2v) is 3.07. The normalized spacial score (nSPS) is 18.1. The Labute approximate surface area is 66.8 Å². The van der Waals surface area contributed by atoms with Gasteiger partial charge in [0.15, 0.2) is 0 Å². The van der Waals surface area contributed by atoms with Crippen LogP contribution in [0.25, 0.3) is 0 Å². The molecule has 1 aliphatic carbocycles. The highest BCUT2D eigenvalue weighted by molar-refractivity contribution is 6.29. The lowest BCUT2D eigenvalue weighted by atomic mass is 10.2. The van der Waals surface area contributed by atoms with Gasteiger partial charge < -0.3 is 5.32 Å². The van der Waals surface area contributed by atoms with E-state index in [-0.39, 0.29) is 0 Å². The van der Waals surface area contributed by atoms with Gasteiger partial charge in [0.25, 0.3) is 0 Å². The van der Waals surface area contributed by atoms with E-state index in [0.717, 1.165) is 19.4 Å². The van der Waals surface area contributed by atoms with Gasteiger partial charge in [0.1, 0.15) is 0 Å². The van der Waals surface area contributed by atoms with Crippen molar-refractivity contribution in [3.63, 3.8) is 0 Å². The van der Waals surface area contributed by atoms with Crippen molar-refractivity contribution < 1.29 is 0 Å². The third-order valence-corrected chi connectivity index (χ3v) is 1.72. The molecule has 1 aliphatic rings. The van der Waals surface area contributed by atoms with E-state index in [1.807, 2.05) is 0 Å². The lowest BCUT2D eigenvalue weighted by Gasteiger charge is -2.09. The van der Waals surface area contributed by atoms with Gasteiger partial charge in [0.05, 0.1) is 0 Å². The molecule has 0 atom stereocenters. The topological polar surface area (TPSA) is 12.0 Å². The minimum atomic E-state index is 0.593. The molecule has 1 nitrogen and oxygen atoms in total. The van der Waals surface area contributed by atoms with Crippen LogP contribution in [-0.4, -0.2) is 12.6 Å². The minimum absolute atomic E-state index is 0.593. The first-order valence-electron chi connectivity index (χ1n) is 3.50. The smallest absolute Gasteiger partial charge is 0.0310 e. The summed E-state index contributed by atoms with van der Waals surface area (Å²) in [6.07, 6.45) is 6.64. The van der Waals surface area contributed by atoms with E-state index in [2.05, 4.69) is 24.0 Å². The van der Waals surface area contributed by atoms with E-state index >= 15 is 0 Å². The number of hydrogen-bond acceptors (Lipinski definition) is 1. The summed E-state index contributed by atoms with van der Waals surface area (Å²) in [5, 5.41) is 3.97. The lowest BCUT2D eigenvalue weighted by Crippen LogP contribution is -2.27. The summed E-state index contributed by atoms with van der Waals surface area (Å²) in [6.45, 7) is 4.33. The van der Waals surface area contributed by atoms with Crippen LogP contribution in [0.4, 0.5) is 0 Å². The number of halogens is 1. The lowest BCUT2D eigenvalue weighted by molar-refractivity contribution is 0.571. The van der Waals surface area contributed by atoms with Gasteiger partial charge in [-0.25, -0.2) is 0 Å². The molecule has 0 unspecified atom stereocenters. The molecule has 0 bridgehead atoms. The van der Waals surface area contributed by atoms with Crippen LogP contribution in [0, 0.1) is 0 Å². The predicted molar refractivity (Wildman–Crippen MR) is 45.2 cm³/mol. The van der Waals surface area contributed by atoms with Crippen LogP contribution in [-0.2, 0) is 0 Å². The quantitative estimate of drug-likeness (QED) is 0.619. The Morgan fingerprint density at radius 1 is 1.60 bits per heavy atom. The fraction of sp³-hybridized carbons (Fsp3) is 0.500. The largest absolute Gasteiger partial charge is 0.308 e. The van der Waals surface area contributed by atoms with E-state index in [4.69, 9.17) is 11.6 Å². The van der Waals surface area contributed by atoms with Crippen LogP contribution in [0.2, 0.25) is 0 Å². The maximum absolute atomic E-state index is 5.58. The van der Waals surface area contributed by atoms with E-state index in [0.29, 0.717) is 11.1 Å². The van der Waals surface area contributed by atoms with E-state index in [9.17, 15) is 0 Å². The van der Waals surface area contributed by atoms with Crippen molar-refractivity contribution in [3.8, 4) is 0 Å². The van der Waals surface area contributed by atoms with Gasteiger partial charge in [-0.1, -0.05) is 30.3 Å². The molecule has 0 heterocycles. The molecule has 2 heteroatoms. The maximum atomic E-state index is 5.58. The number of hydrogen-bond donors (Lipinski definition) is 1. The highest BCUT2D eigenvalue weighted by atomic mass is 35.5. The molecule has 0 aliphatic heterocycles. The minimum Gasteiger partial charge on any atom is -0.308 e. The SMILES string of the molecule is C=C(Cl)CNC1CC=CC1. The van der Waals surface area contributed by atoms with Crippen LogP contribution in [0.5, 0.6) is 0 Å². The van der Waals surface area contributed by atoms with Crippen LogP contribution < -0.4 is 5.32 Å². The molecular weight excluding hydrogens is 146 g/mol. The number of rotatable bonds is 3. The summed E-state index contributed by atoms with van der Waals surface area (Å²) >= 11 is 5.58. The zero-order chi connectivity index (χ0) is 7.40. The van der Waals surface area contributed by atoms with Crippen molar-refractivity contribution in [3.05, 3.63) is 23.8 Å². The molecule has 10 heavy (non-hydrogen) atoms. The van der Waals surface area contributed by atoms with Gasteiger partial charge in [-0.3, -0.25) is 0 Å². The van der Waals surface area contributed by atoms with E-state index in [1.54, 1.807) is 0 Å². The Kier molecular flexibility index (Phi) is 2.97. The Morgan fingerprint density at radius 2 is 2.20 bits per heavy atom. The van der Waals surface area contributed by atoms with Crippen LogP contribution >= 0.6 is 11.6 Å². The number of nitrogens with one attached hydrogen (secondary N) is 1. The first kappa shape index (κ1) is 7.83. The molecule has 1 N–H and O–H groups in total. The average molecular weight is 158 g/mol. The summed E-state index contributed by atoms with van der Waals surface area (Å²) in [5.41, 5.74) is 0. The monoisotopic (exact) mass is 157 g/mol. The summed E-state index contributed by atoms with van der Waals surface area (Å²) < 4.78 is 0. The molecule has 0 saturated carbocycles. The molecular formula is C8H12ClN. The first-order chi connectivity index (χ1) is 4.79. The van der Waals surface area contributed by atoms with Gasteiger partial charge in [-0.15, -0.1) is 0 Å². The van der Waals surface area contributed by atoms with E-state index in [1.165, 1.54) is 0 Å². The van der Waals surface area contributed by atoms with Crippen molar-refractivity contribution in [2.45, 2.75) is 18.9 Å². The van der Waals surface area contributed by atoms with Crippen molar-refractivity contribution in [2.75, 3.05) is 6.54 Å². The molecule has 0 aromatic rings. The second kappa shape index (κ2) is 3.79. The molecule has 0 amide bonds. The van der Waals surface area contributed by atoms with Gasteiger partial charge in [-0.2, -0.15) is 0 Å². The van der Waals surface area contributed by atoms with Crippen LogP contribution in [0.1, 0.15) is 12.8 Å². The highest BCUT2D eigenvalue weighted by Gasteiger charge is 2.07. The molecule has 56 valence electrons. The Bertz CT molecular complexity index is 143. The summed E-state index contributed by atoms with van der Waals surface area (Å²) in [5.74, 6) is 0. The van der Waals surface area contributed by atoms with Crippen LogP contribution in [0.3, 0.4) is 0 Å². The summed E-state index contributed by atoms with van der Waals surface area (Å²) in [4.78, 5) is 0. The van der Waals surface area contributed by atoms with Crippen LogP contribution in [0.15, 0.2) is 23.8 Å². The van der Waals surface area contributed by atoms with Gasteiger partial charge >= 0.3 is 0 Å². The molecule has 0 aromatic heterocycles. The Hall–Kier alpha value is -0.270. The Morgan fingerprint density at radius 3 is 2.70 bits per heavy atom. The third-order valence-electron chi connectivity index (χ3n) is 1.59. The summed E-state index contributed by atoms with van der Waals surface area (Å²) in [7, 11) is 0. The Balaban J connectivity index is 2.09. The van der Waals surface area contributed by atoms with Gasteiger partial charge in [-0.05, 0) is 12.8 Å². The molecule has 0 aromatic carbocycles. The zero-order valence-corrected chi connectivity index (χ0v) is 6.69. The molecule has 0 radical (unpaired) electrons. The van der Waals surface area contributed by atoms with Crippen molar-refractivity contribution in [1.29, 1.82) is 0 Å². The molecule has 0 saturated heterocycles. The van der Waals surface area contributed by atoms with Crippen molar-refractivity contribution >= 4 is 11.6 Å². The first-order valence-corrected chi connectivity index (χ1v) is 3.88. The second-order valence-electron chi connectivity index (χ2n) is 2.54. The molecule has 0 fully saturated rings. The van der Waals surface area contributed by atoms with Crippen molar-refractivity contribution in [1.82, 2.24) is 5.32 Å². The highest BCUT2D eigenvalue weighted by Crippen LogP contribution is 2.09. The predicted octanol–water partition coefficient (Wildman–Crippen LogP) is 2.05. The van der Waals surface area contributed by atoms with Crippen molar-refractivity contribution in [2.24, 2.45) is 0 Å². The standard InChI is InChI=1S/C8H12ClN/c1-7(9)6-10-8-4-2-3-5-8/h2-3,8,10H,1,4-6H2. The fourth-order valence-electron chi connectivity index (χ4n) is 1.04. The fourth-order valence-corrected chi connectivity index (χ4v) is 1.12.